The van der Waals surface area contributed by atoms with Gasteiger partial charge < -0.3 is 14.4 Å². The molecule has 0 aliphatic heterocycles. The molecule has 0 saturated heterocycles. The van der Waals surface area contributed by atoms with Crippen LogP contribution in [0.4, 0.5) is 0 Å². The maximum atomic E-state index is 9.41. The molecule has 0 amide bonds. The van der Waals surface area contributed by atoms with Crippen molar-refractivity contribution >= 4 is 8.07 Å². The molecule has 2 rings (SSSR count). The Kier molecular flexibility index (Phi) is 5.27. The van der Waals surface area contributed by atoms with Gasteiger partial charge >= 0.3 is 0 Å². The summed E-state index contributed by atoms with van der Waals surface area (Å²) in [5, 5.41) is 9.41. The number of nitrogens with zero attached hydrogens (tertiary/aromatic N) is 3. The van der Waals surface area contributed by atoms with Crippen molar-refractivity contribution in [1.82, 2.24) is 14.5 Å². The van der Waals surface area contributed by atoms with Crippen molar-refractivity contribution in [2.75, 3.05) is 6.61 Å². The molecular weight excluding hydrogens is 282 g/mol. The lowest BCUT2D eigenvalue weighted by Gasteiger charge is -2.15. The third kappa shape index (κ3) is 4.77. The van der Waals surface area contributed by atoms with Crippen LogP contribution in [0.5, 0.6) is 0 Å². The van der Waals surface area contributed by atoms with Crippen LogP contribution in [-0.4, -0.2) is 34.3 Å². The minimum Gasteiger partial charge on any atom is -0.388 e. The van der Waals surface area contributed by atoms with Crippen LogP contribution in [0, 0.1) is 0 Å². The molecule has 0 unspecified atom stereocenters. The van der Waals surface area contributed by atoms with Gasteiger partial charge in [0.1, 0.15) is 24.9 Å². The number of aliphatic hydroxyl groups excluding tert-OH is 1. The largest absolute Gasteiger partial charge is 0.388 e. The van der Waals surface area contributed by atoms with E-state index in [-0.39, 0.29) is 6.61 Å². The summed E-state index contributed by atoms with van der Waals surface area (Å²) in [6.45, 7) is 8.03. The van der Waals surface area contributed by atoms with Crippen LogP contribution in [-0.2, 0) is 18.1 Å². The second kappa shape index (κ2) is 6.97. The van der Waals surface area contributed by atoms with Crippen molar-refractivity contribution < 1.29 is 9.84 Å². The van der Waals surface area contributed by atoms with Gasteiger partial charge in [0.05, 0.1) is 5.69 Å². The molecule has 0 bridgehead atoms. The van der Waals surface area contributed by atoms with Crippen LogP contribution in [0.1, 0.15) is 5.82 Å². The number of aromatic nitrogens is 3. The highest BCUT2D eigenvalue weighted by Crippen LogP contribution is 2.16. The van der Waals surface area contributed by atoms with E-state index >= 15 is 0 Å². The molecule has 0 spiro atoms. The first-order valence-electron chi connectivity index (χ1n) is 7.16. The zero-order valence-electron chi connectivity index (χ0n) is 12.9. The SMILES string of the molecule is C[Si](C)(C)CCOCn1cc(-c2ccccn2)nc1CO. The highest BCUT2D eigenvalue weighted by Gasteiger charge is 2.13. The molecule has 1 N–H and O–H groups in total. The fraction of sp³-hybridized carbons (Fsp3) is 0.467. The molecular formula is C15H23N3O2Si. The zero-order valence-corrected chi connectivity index (χ0v) is 13.9. The second-order valence-electron chi connectivity index (χ2n) is 6.23. The van der Waals surface area contributed by atoms with Crippen molar-refractivity contribution in [2.45, 2.75) is 39.0 Å². The quantitative estimate of drug-likeness (QED) is 0.631. The van der Waals surface area contributed by atoms with Gasteiger partial charge in [-0.1, -0.05) is 25.7 Å². The Morgan fingerprint density at radius 3 is 2.67 bits per heavy atom. The van der Waals surface area contributed by atoms with Crippen LogP contribution in [0.25, 0.3) is 11.4 Å². The first-order valence-corrected chi connectivity index (χ1v) is 10.9. The molecule has 0 aliphatic carbocycles. The van der Waals surface area contributed by atoms with E-state index < -0.39 is 8.07 Å². The van der Waals surface area contributed by atoms with Gasteiger partial charge in [0, 0.05) is 27.1 Å². The van der Waals surface area contributed by atoms with Crippen LogP contribution >= 0.6 is 0 Å². The van der Waals surface area contributed by atoms with Crippen molar-refractivity contribution in [3.8, 4) is 11.4 Å². The molecule has 114 valence electrons. The Labute approximate surface area is 126 Å². The molecule has 2 aromatic heterocycles. The van der Waals surface area contributed by atoms with Gasteiger partial charge in [0.15, 0.2) is 0 Å². The summed E-state index contributed by atoms with van der Waals surface area (Å²) in [5.41, 5.74) is 1.56. The Hall–Kier alpha value is -1.50. The Balaban J connectivity index is 2.01. The number of aliphatic hydroxyl groups is 1. The predicted octanol–water partition coefficient (Wildman–Crippen LogP) is 2.75. The lowest BCUT2D eigenvalue weighted by atomic mass is 10.3. The van der Waals surface area contributed by atoms with E-state index in [9.17, 15) is 5.11 Å². The predicted molar refractivity (Wildman–Crippen MR) is 85.5 cm³/mol. The second-order valence-corrected chi connectivity index (χ2v) is 11.9. The van der Waals surface area contributed by atoms with Crippen molar-refractivity contribution in [2.24, 2.45) is 0 Å². The van der Waals surface area contributed by atoms with E-state index in [2.05, 4.69) is 29.6 Å². The number of imidazole rings is 1. The zero-order chi connectivity index (χ0) is 15.3. The van der Waals surface area contributed by atoms with E-state index in [1.54, 1.807) is 6.20 Å². The molecule has 21 heavy (non-hydrogen) atoms. The monoisotopic (exact) mass is 305 g/mol. The maximum Gasteiger partial charge on any atom is 0.137 e. The van der Waals surface area contributed by atoms with E-state index in [0.29, 0.717) is 12.6 Å². The van der Waals surface area contributed by atoms with Crippen LogP contribution in [0.3, 0.4) is 0 Å². The molecule has 2 aromatic rings. The minimum atomic E-state index is -1.07. The maximum absolute atomic E-state index is 9.41. The Morgan fingerprint density at radius 1 is 1.24 bits per heavy atom. The molecule has 6 heteroatoms. The molecule has 5 nitrogen and oxygen atoms in total. The highest BCUT2D eigenvalue weighted by molar-refractivity contribution is 6.76. The fourth-order valence-corrected chi connectivity index (χ4v) is 2.63. The summed E-state index contributed by atoms with van der Waals surface area (Å²) in [4.78, 5) is 8.68. The number of hydrogen-bond donors (Lipinski definition) is 1. The van der Waals surface area contributed by atoms with E-state index in [0.717, 1.165) is 24.0 Å². The first-order chi connectivity index (χ1) is 9.99. The van der Waals surface area contributed by atoms with Gasteiger partial charge in [0.2, 0.25) is 0 Å². The summed E-state index contributed by atoms with van der Waals surface area (Å²) in [7, 11) is -1.07. The van der Waals surface area contributed by atoms with Gasteiger partial charge in [-0.25, -0.2) is 4.98 Å². The summed E-state index contributed by atoms with van der Waals surface area (Å²) >= 11 is 0. The standard InChI is InChI=1S/C15H23N3O2Si/c1-21(2,3)9-8-20-12-18-10-14(17-15(18)11-19)13-6-4-5-7-16-13/h4-7,10,19H,8-9,11-12H2,1-3H3. The Bertz CT molecular complexity index is 564. The minimum absolute atomic E-state index is 0.107. The van der Waals surface area contributed by atoms with Crippen molar-refractivity contribution in [3.05, 3.63) is 36.4 Å². The van der Waals surface area contributed by atoms with Gasteiger partial charge in [-0.2, -0.15) is 0 Å². The van der Waals surface area contributed by atoms with Gasteiger partial charge in [-0.05, 0) is 18.2 Å². The van der Waals surface area contributed by atoms with Crippen molar-refractivity contribution in [1.29, 1.82) is 0 Å². The average Bonchev–Trinajstić information content (AvgIpc) is 2.87. The van der Waals surface area contributed by atoms with E-state index in [1.165, 1.54) is 0 Å². The molecule has 2 heterocycles. The molecule has 0 aliphatic rings. The highest BCUT2D eigenvalue weighted by atomic mass is 28.3. The van der Waals surface area contributed by atoms with Gasteiger partial charge in [-0.15, -0.1) is 0 Å². The van der Waals surface area contributed by atoms with Crippen LogP contribution in [0.15, 0.2) is 30.6 Å². The van der Waals surface area contributed by atoms with Crippen LogP contribution in [0.2, 0.25) is 25.7 Å². The smallest absolute Gasteiger partial charge is 0.137 e. The summed E-state index contributed by atoms with van der Waals surface area (Å²) in [6, 6.07) is 6.82. The van der Waals surface area contributed by atoms with Gasteiger partial charge in [-0.3, -0.25) is 4.98 Å². The number of ether oxygens (including phenoxy) is 1. The third-order valence-corrected chi connectivity index (χ3v) is 4.86. The number of hydrogen-bond acceptors (Lipinski definition) is 4. The Morgan fingerprint density at radius 2 is 2.05 bits per heavy atom. The molecule has 0 radical (unpaired) electrons. The third-order valence-electron chi connectivity index (χ3n) is 3.15. The topological polar surface area (TPSA) is 60.2 Å². The summed E-state index contributed by atoms with van der Waals surface area (Å²) in [5.74, 6) is 0.601. The van der Waals surface area contributed by atoms with Crippen LogP contribution < -0.4 is 0 Å². The number of pyridine rings is 1. The first kappa shape index (κ1) is 15.9. The fourth-order valence-electron chi connectivity index (χ4n) is 1.87. The van der Waals surface area contributed by atoms with E-state index in [4.69, 9.17) is 4.74 Å². The summed E-state index contributed by atoms with van der Waals surface area (Å²) < 4.78 is 7.56. The molecule has 0 aromatic carbocycles. The molecule has 0 fully saturated rings. The lowest BCUT2D eigenvalue weighted by molar-refractivity contribution is 0.0817. The normalized spacial score (nSPS) is 11.8. The van der Waals surface area contributed by atoms with Crippen molar-refractivity contribution in [3.63, 3.8) is 0 Å². The molecule has 0 atom stereocenters. The average molecular weight is 305 g/mol. The van der Waals surface area contributed by atoms with Gasteiger partial charge in [0.25, 0.3) is 0 Å². The van der Waals surface area contributed by atoms with E-state index in [1.807, 2.05) is 29.0 Å². The lowest BCUT2D eigenvalue weighted by Crippen LogP contribution is -2.22. The molecule has 0 saturated carbocycles. The summed E-state index contributed by atoms with van der Waals surface area (Å²) in [6.07, 6.45) is 3.61. The number of rotatable bonds is 7.